The molecule has 132 valence electrons. The van der Waals surface area contributed by atoms with Gasteiger partial charge in [0, 0.05) is 35.0 Å². The topological polar surface area (TPSA) is 51.2 Å². The first-order valence-corrected chi connectivity index (χ1v) is 8.71. The van der Waals surface area contributed by atoms with Crippen molar-refractivity contribution >= 4 is 5.97 Å². The quantitative estimate of drug-likeness (QED) is 0.659. The van der Waals surface area contributed by atoms with Crippen LogP contribution in [-0.2, 0) is 16.0 Å². The minimum Gasteiger partial charge on any atom is -0.463 e. The highest BCUT2D eigenvalue weighted by molar-refractivity contribution is 5.88. The number of rotatable bonds is 5. The Morgan fingerprint density at radius 3 is 2.54 bits per heavy atom. The predicted molar refractivity (Wildman–Crippen MR) is 97.0 cm³/mol. The number of esters is 1. The van der Waals surface area contributed by atoms with Gasteiger partial charge in [0.25, 0.3) is 0 Å². The highest BCUT2D eigenvalue weighted by Crippen LogP contribution is 2.39. The second-order valence-corrected chi connectivity index (χ2v) is 8.08. The van der Waals surface area contributed by atoms with E-state index in [1.807, 2.05) is 6.20 Å². The van der Waals surface area contributed by atoms with Crippen LogP contribution in [0.5, 0.6) is 0 Å². The third-order valence-electron chi connectivity index (χ3n) is 4.46. The Bertz CT molecular complexity index is 604. The molecule has 0 unspecified atom stereocenters. The summed E-state index contributed by atoms with van der Waals surface area (Å²) in [7, 11) is 0. The van der Waals surface area contributed by atoms with Gasteiger partial charge in [-0.25, -0.2) is 4.79 Å². The van der Waals surface area contributed by atoms with Gasteiger partial charge in [-0.05, 0) is 71.1 Å². The first-order chi connectivity index (χ1) is 11.1. The molecule has 0 aliphatic carbocycles. The molecular weight excluding hydrogens is 300 g/mol. The molecule has 0 saturated carbocycles. The summed E-state index contributed by atoms with van der Waals surface area (Å²) in [5.41, 5.74) is 2.82. The number of pyridine rings is 1. The van der Waals surface area contributed by atoms with E-state index >= 15 is 0 Å². The van der Waals surface area contributed by atoms with Crippen LogP contribution in [0, 0.1) is 0 Å². The molecule has 2 heterocycles. The average molecular weight is 330 g/mol. The number of carbonyl (C=O) groups excluding carboxylic acids is 1. The molecule has 1 aliphatic rings. The Morgan fingerprint density at radius 1 is 1.33 bits per heavy atom. The van der Waals surface area contributed by atoms with Crippen LogP contribution in [0.2, 0.25) is 0 Å². The van der Waals surface area contributed by atoms with Crippen molar-refractivity contribution in [2.75, 3.05) is 6.61 Å². The van der Waals surface area contributed by atoms with E-state index in [0.29, 0.717) is 24.5 Å². The van der Waals surface area contributed by atoms with Crippen LogP contribution in [-0.4, -0.2) is 28.6 Å². The van der Waals surface area contributed by atoms with Gasteiger partial charge in [-0.2, -0.15) is 0 Å². The summed E-state index contributed by atoms with van der Waals surface area (Å²) < 4.78 is 5.00. The Kier molecular flexibility index (Phi) is 5.49. The fourth-order valence-corrected chi connectivity index (χ4v) is 3.93. The van der Waals surface area contributed by atoms with Crippen molar-refractivity contribution in [3.8, 4) is 0 Å². The molecule has 0 atom stereocenters. The Labute approximate surface area is 145 Å². The molecule has 0 amide bonds. The molecule has 0 radical (unpaired) electrons. The number of ether oxygens (including phenoxy) is 1. The zero-order valence-corrected chi connectivity index (χ0v) is 15.6. The lowest BCUT2D eigenvalue weighted by Crippen LogP contribution is -2.57. The maximum atomic E-state index is 11.7. The number of aromatic nitrogens is 1. The summed E-state index contributed by atoms with van der Waals surface area (Å²) in [6, 6.07) is 4.21. The van der Waals surface area contributed by atoms with Gasteiger partial charge in [0.05, 0.1) is 6.61 Å². The van der Waals surface area contributed by atoms with Crippen LogP contribution in [0.3, 0.4) is 0 Å². The van der Waals surface area contributed by atoms with E-state index in [1.165, 1.54) is 5.56 Å². The Hall–Kier alpha value is -1.68. The third-order valence-corrected chi connectivity index (χ3v) is 4.46. The van der Waals surface area contributed by atoms with E-state index in [4.69, 9.17) is 4.74 Å². The van der Waals surface area contributed by atoms with Gasteiger partial charge < -0.3 is 10.1 Å². The fourth-order valence-electron chi connectivity index (χ4n) is 3.93. The lowest BCUT2D eigenvalue weighted by atomic mass is 9.73. The Morgan fingerprint density at radius 2 is 1.96 bits per heavy atom. The number of carbonyl (C=O) groups is 1. The number of hydrogen-bond donors (Lipinski definition) is 1. The summed E-state index contributed by atoms with van der Waals surface area (Å²) in [4.78, 5) is 16.2. The van der Waals surface area contributed by atoms with Crippen molar-refractivity contribution in [1.29, 1.82) is 0 Å². The molecule has 1 saturated heterocycles. The van der Waals surface area contributed by atoms with Crippen molar-refractivity contribution in [3.63, 3.8) is 0 Å². The van der Waals surface area contributed by atoms with Crippen LogP contribution in [0.4, 0.5) is 0 Å². The smallest absolute Gasteiger partial charge is 0.333 e. The monoisotopic (exact) mass is 330 g/mol. The van der Waals surface area contributed by atoms with Crippen LogP contribution in [0.1, 0.15) is 64.6 Å². The second kappa shape index (κ2) is 7.06. The van der Waals surface area contributed by atoms with E-state index in [0.717, 1.165) is 18.5 Å². The Balaban J connectivity index is 2.15. The molecule has 1 aromatic heterocycles. The van der Waals surface area contributed by atoms with Gasteiger partial charge in [-0.3, -0.25) is 4.98 Å². The van der Waals surface area contributed by atoms with Crippen molar-refractivity contribution in [2.24, 2.45) is 0 Å². The van der Waals surface area contributed by atoms with Gasteiger partial charge >= 0.3 is 5.97 Å². The van der Waals surface area contributed by atoms with E-state index in [2.05, 4.69) is 56.7 Å². The summed E-state index contributed by atoms with van der Waals surface area (Å²) in [6.07, 6.45) is 4.44. The lowest BCUT2D eigenvalue weighted by molar-refractivity contribution is -0.138. The maximum Gasteiger partial charge on any atom is 0.333 e. The summed E-state index contributed by atoms with van der Waals surface area (Å²) >= 11 is 0. The highest BCUT2D eigenvalue weighted by atomic mass is 16.5. The molecular formula is C20H30N2O2. The van der Waals surface area contributed by atoms with Gasteiger partial charge in [0.1, 0.15) is 0 Å². The first-order valence-electron chi connectivity index (χ1n) is 8.71. The van der Waals surface area contributed by atoms with Gasteiger partial charge in [-0.1, -0.05) is 6.58 Å². The standard InChI is InChI=1S/C20H30N2O2/c1-7-24-18(23)14(2)10-17-11-15(8-9-21-17)16-12-19(3,4)22-20(5,6)13-16/h8-9,11,16,22H,2,7,10,12-13H2,1,3-6H3. The van der Waals surface area contributed by atoms with Crippen LogP contribution < -0.4 is 5.32 Å². The SMILES string of the molecule is C=C(Cc1cc(C2CC(C)(C)NC(C)(C)C2)ccn1)C(=O)OCC. The molecule has 4 nitrogen and oxygen atoms in total. The molecule has 1 fully saturated rings. The van der Waals surface area contributed by atoms with Gasteiger partial charge in [0.15, 0.2) is 0 Å². The van der Waals surface area contributed by atoms with Crippen LogP contribution >= 0.6 is 0 Å². The maximum absolute atomic E-state index is 11.7. The van der Waals surface area contributed by atoms with Crippen molar-refractivity contribution < 1.29 is 9.53 Å². The molecule has 4 heteroatoms. The zero-order valence-electron chi connectivity index (χ0n) is 15.6. The van der Waals surface area contributed by atoms with E-state index < -0.39 is 0 Å². The molecule has 24 heavy (non-hydrogen) atoms. The number of piperidine rings is 1. The minimum absolute atomic E-state index is 0.102. The first kappa shape index (κ1) is 18.7. The second-order valence-electron chi connectivity index (χ2n) is 8.08. The number of hydrogen-bond acceptors (Lipinski definition) is 4. The molecule has 1 aromatic rings. The average Bonchev–Trinajstić information content (AvgIpc) is 2.44. The molecule has 0 bridgehead atoms. The predicted octanol–water partition coefficient (Wildman–Crippen LogP) is 3.77. The molecule has 2 rings (SSSR count). The van der Waals surface area contributed by atoms with Crippen molar-refractivity contribution in [3.05, 3.63) is 41.7 Å². The number of nitrogens with zero attached hydrogens (tertiary/aromatic N) is 1. The normalized spacial score (nSPS) is 19.7. The van der Waals surface area contributed by atoms with E-state index in [9.17, 15) is 4.79 Å². The largest absolute Gasteiger partial charge is 0.463 e. The summed E-state index contributed by atoms with van der Waals surface area (Å²) in [5.74, 6) is 0.141. The fraction of sp³-hybridized carbons (Fsp3) is 0.600. The van der Waals surface area contributed by atoms with Gasteiger partial charge in [-0.15, -0.1) is 0 Å². The van der Waals surface area contributed by atoms with Crippen molar-refractivity contribution in [1.82, 2.24) is 10.3 Å². The van der Waals surface area contributed by atoms with E-state index in [1.54, 1.807) is 6.92 Å². The molecule has 1 aliphatic heterocycles. The molecule has 0 aromatic carbocycles. The van der Waals surface area contributed by atoms with Crippen LogP contribution in [0.25, 0.3) is 0 Å². The zero-order chi connectivity index (χ0) is 18.0. The van der Waals surface area contributed by atoms with Crippen molar-refractivity contribution in [2.45, 2.75) is 70.9 Å². The van der Waals surface area contributed by atoms with Crippen LogP contribution in [0.15, 0.2) is 30.5 Å². The molecule has 1 N–H and O–H groups in total. The molecule has 0 spiro atoms. The number of nitrogens with one attached hydrogen (secondary N) is 1. The lowest BCUT2D eigenvalue weighted by Gasteiger charge is -2.46. The van der Waals surface area contributed by atoms with Gasteiger partial charge in [0.2, 0.25) is 0 Å². The summed E-state index contributed by atoms with van der Waals surface area (Å²) in [5, 5.41) is 3.72. The third kappa shape index (κ3) is 4.91. The minimum atomic E-state index is -0.339. The summed E-state index contributed by atoms with van der Waals surface area (Å²) in [6.45, 7) is 15.0. The highest BCUT2D eigenvalue weighted by Gasteiger charge is 2.38. The van der Waals surface area contributed by atoms with E-state index in [-0.39, 0.29) is 17.0 Å².